The van der Waals surface area contributed by atoms with E-state index in [-0.39, 0.29) is 0 Å². The van der Waals surface area contributed by atoms with E-state index in [1.54, 1.807) is 0 Å². The van der Waals surface area contributed by atoms with Gasteiger partial charge in [-0.3, -0.25) is 4.52 Å². The van der Waals surface area contributed by atoms with Gasteiger partial charge in [0.25, 0.3) is 0 Å². The maximum Gasteiger partial charge on any atom is 0.469 e. The molecular formula is C6H13O10P. The summed E-state index contributed by atoms with van der Waals surface area (Å²) in [7, 11) is -4.86. The maximum absolute atomic E-state index is 10.2. The quantitative estimate of drug-likeness (QED) is 0.231. The van der Waals surface area contributed by atoms with E-state index in [0.717, 1.165) is 0 Å². The van der Waals surface area contributed by atoms with Crippen LogP contribution in [0.5, 0.6) is 0 Å². The van der Waals surface area contributed by atoms with Gasteiger partial charge in [-0.2, -0.15) is 0 Å². The summed E-state index contributed by atoms with van der Waals surface area (Å²) in [6.07, 6.45) is -8.71. The summed E-state index contributed by atoms with van der Waals surface area (Å²) in [6.45, 7) is -1.05. The van der Waals surface area contributed by atoms with Crippen LogP contribution in [0.25, 0.3) is 0 Å². The second-order valence-corrected chi connectivity index (χ2v) is 4.36. The van der Waals surface area contributed by atoms with Crippen LogP contribution in [0, 0.1) is 0 Å². The smallest absolute Gasteiger partial charge is 0.469 e. The van der Waals surface area contributed by atoms with E-state index in [1.165, 1.54) is 0 Å². The second kappa shape index (κ2) is 6.38. The van der Waals surface area contributed by atoms with Crippen LogP contribution < -0.4 is 0 Å². The Morgan fingerprint density at radius 3 is 1.94 bits per heavy atom. The maximum atomic E-state index is 10.2. The van der Waals surface area contributed by atoms with Crippen molar-refractivity contribution in [1.29, 1.82) is 0 Å². The van der Waals surface area contributed by atoms with Crippen LogP contribution in [0.15, 0.2) is 0 Å². The number of carboxylic acid groups (broad SMARTS) is 1. The molecule has 0 fully saturated rings. The zero-order valence-corrected chi connectivity index (χ0v) is 9.21. The van der Waals surface area contributed by atoms with E-state index >= 15 is 0 Å². The molecule has 0 bridgehead atoms. The molecule has 4 atom stereocenters. The van der Waals surface area contributed by atoms with E-state index < -0.39 is 44.8 Å². The number of hydrogen-bond donors (Lipinski definition) is 7. The van der Waals surface area contributed by atoms with E-state index in [1.807, 2.05) is 0 Å². The van der Waals surface area contributed by atoms with Crippen molar-refractivity contribution in [2.75, 3.05) is 6.61 Å². The number of carbonyl (C=O) groups is 1. The Labute approximate surface area is 94.9 Å². The van der Waals surface area contributed by atoms with Gasteiger partial charge in [0.2, 0.25) is 0 Å². The first-order valence-corrected chi connectivity index (χ1v) is 5.74. The number of aliphatic hydroxyl groups is 4. The number of phosphoric acid groups is 1. The van der Waals surface area contributed by atoms with E-state index in [4.69, 9.17) is 35.3 Å². The van der Waals surface area contributed by atoms with Gasteiger partial charge in [-0.1, -0.05) is 0 Å². The summed E-state index contributed by atoms with van der Waals surface area (Å²) in [5.74, 6) is -1.83. The fraction of sp³-hybridized carbons (Fsp3) is 0.833. The molecule has 0 radical (unpaired) electrons. The summed E-state index contributed by atoms with van der Waals surface area (Å²) in [6, 6.07) is 0. The lowest BCUT2D eigenvalue weighted by molar-refractivity contribution is -0.164. The molecular weight excluding hydrogens is 263 g/mol. The van der Waals surface area contributed by atoms with Gasteiger partial charge in [0.05, 0.1) is 6.61 Å². The van der Waals surface area contributed by atoms with Crippen molar-refractivity contribution in [2.45, 2.75) is 24.4 Å². The zero-order chi connectivity index (χ0) is 13.8. The molecule has 0 aliphatic rings. The molecule has 0 aromatic carbocycles. The minimum Gasteiger partial charge on any atom is -0.479 e. The largest absolute Gasteiger partial charge is 0.479 e. The molecule has 0 unspecified atom stereocenters. The Kier molecular flexibility index (Phi) is 6.16. The summed E-state index contributed by atoms with van der Waals surface area (Å²) in [5.41, 5.74) is 0. The van der Waals surface area contributed by atoms with Crippen molar-refractivity contribution in [3.8, 4) is 0 Å². The van der Waals surface area contributed by atoms with Crippen molar-refractivity contribution in [1.82, 2.24) is 0 Å². The standard InChI is InChI=1S/C6H13O10P/c7-2(1-16-17(13,14)15)3(8)4(9)5(10)6(11)12/h2-5,7-10H,1H2,(H,11,12)(H2,13,14,15)/t2-,3+,4+,5+/m1/s1. The van der Waals surface area contributed by atoms with Crippen molar-refractivity contribution in [2.24, 2.45) is 0 Å². The van der Waals surface area contributed by atoms with Crippen LogP contribution in [-0.4, -0.2) is 72.3 Å². The molecule has 0 amide bonds. The Morgan fingerprint density at radius 1 is 1.12 bits per heavy atom. The number of aliphatic carboxylic acids is 1. The topological polar surface area (TPSA) is 185 Å². The van der Waals surface area contributed by atoms with Crippen LogP contribution in [0.2, 0.25) is 0 Å². The van der Waals surface area contributed by atoms with Crippen LogP contribution >= 0.6 is 7.82 Å². The molecule has 7 N–H and O–H groups in total. The van der Waals surface area contributed by atoms with Gasteiger partial charge >= 0.3 is 13.8 Å². The van der Waals surface area contributed by atoms with Gasteiger partial charge < -0.3 is 35.3 Å². The molecule has 0 aromatic rings. The number of aliphatic hydroxyl groups excluding tert-OH is 4. The van der Waals surface area contributed by atoms with Gasteiger partial charge in [0.1, 0.15) is 18.3 Å². The van der Waals surface area contributed by atoms with Crippen LogP contribution in [0.3, 0.4) is 0 Å². The fourth-order valence-electron chi connectivity index (χ4n) is 0.833. The molecule has 0 aliphatic heterocycles. The highest BCUT2D eigenvalue weighted by Gasteiger charge is 2.35. The molecule has 102 valence electrons. The van der Waals surface area contributed by atoms with Gasteiger partial charge in [-0.05, 0) is 0 Å². The van der Waals surface area contributed by atoms with Gasteiger partial charge in [-0.15, -0.1) is 0 Å². The molecule has 0 saturated carbocycles. The summed E-state index contributed by atoms with van der Waals surface area (Å²) < 4.78 is 14.1. The molecule has 11 heteroatoms. The fourth-order valence-corrected chi connectivity index (χ4v) is 1.18. The van der Waals surface area contributed by atoms with Crippen LogP contribution in [-0.2, 0) is 13.9 Å². The van der Waals surface area contributed by atoms with Gasteiger partial charge in [-0.25, -0.2) is 9.36 Å². The van der Waals surface area contributed by atoms with Crippen molar-refractivity contribution >= 4 is 13.8 Å². The summed E-state index contributed by atoms with van der Waals surface area (Å²) in [5, 5.41) is 44.4. The van der Waals surface area contributed by atoms with Gasteiger partial charge in [0, 0.05) is 0 Å². The molecule has 0 aliphatic carbocycles. The average Bonchev–Trinajstić information content (AvgIpc) is 2.21. The second-order valence-electron chi connectivity index (χ2n) is 3.12. The molecule has 0 spiro atoms. The number of hydrogen-bond acceptors (Lipinski definition) is 7. The Balaban J connectivity index is 4.34. The third-order valence-corrected chi connectivity index (χ3v) is 2.22. The highest BCUT2D eigenvalue weighted by molar-refractivity contribution is 7.46. The molecule has 17 heavy (non-hydrogen) atoms. The lowest BCUT2D eigenvalue weighted by Gasteiger charge is -2.24. The third-order valence-electron chi connectivity index (χ3n) is 1.73. The lowest BCUT2D eigenvalue weighted by Crippen LogP contribution is -2.48. The SMILES string of the molecule is O=C(O)[C@@H](O)[C@@H](O)[C@@H](O)[C@H](O)COP(=O)(O)O. The van der Waals surface area contributed by atoms with Crippen molar-refractivity contribution < 1.29 is 49.2 Å². The minimum absolute atomic E-state index is 1.05. The van der Waals surface area contributed by atoms with Crippen LogP contribution in [0.4, 0.5) is 0 Å². The monoisotopic (exact) mass is 276 g/mol. The number of phosphoric ester groups is 1. The van der Waals surface area contributed by atoms with Crippen molar-refractivity contribution in [3.05, 3.63) is 0 Å². The van der Waals surface area contributed by atoms with Crippen LogP contribution in [0.1, 0.15) is 0 Å². The molecule has 0 aromatic heterocycles. The lowest BCUT2D eigenvalue weighted by atomic mass is 10.0. The Bertz CT molecular complexity index is 299. The summed E-state index contributed by atoms with van der Waals surface area (Å²) >= 11 is 0. The summed E-state index contributed by atoms with van der Waals surface area (Å²) in [4.78, 5) is 26.8. The first-order valence-electron chi connectivity index (χ1n) is 4.21. The molecule has 10 nitrogen and oxygen atoms in total. The first kappa shape index (κ1) is 16.4. The number of rotatable bonds is 7. The predicted octanol–water partition coefficient (Wildman–Crippen LogP) is -3.38. The highest BCUT2D eigenvalue weighted by atomic mass is 31.2. The number of carboxylic acids is 1. The minimum atomic E-state index is -4.86. The average molecular weight is 276 g/mol. The normalized spacial score (nSPS) is 19.4. The Hall–Kier alpha value is -0.580. The van der Waals surface area contributed by atoms with E-state index in [0.29, 0.717) is 0 Å². The predicted molar refractivity (Wildman–Crippen MR) is 49.7 cm³/mol. The molecule has 0 rings (SSSR count). The van der Waals surface area contributed by atoms with E-state index in [2.05, 4.69) is 4.52 Å². The van der Waals surface area contributed by atoms with E-state index in [9.17, 15) is 9.36 Å². The Morgan fingerprint density at radius 2 is 1.59 bits per heavy atom. The first-order chi connectivity index (χ1) is 7.56. The van der Waals surface area contributed by atoms with Gasteiger partial charge in [0.15, 0.2) is 6.10 Å². The zero-order valence-electron chi connectivity index (χ0n) is 8.32. The molecule has 0 heterocycles. The van der Waals surface area contributed by atoms with Crippen molar-refractivity contribution in [3.63, 3.8) is 0 Å². The highest BCUT2D eigenvalue weighted by Crippen LogP contribution is 2.35. The molecule has 0 saturated heterocycles. The third kappa shape index (κ3) is 6.05.